The van der Waals surface area contributed by atoms with Gasteiger partial charge in [-0.25, -0.2) is 0 Å². The van der Waals surface area contributed by atoms with E-state index in [1.807, 2.05) is 0 Å². The molecule has 0 heterocycles. The lowest BCUT2D eigenvalue weighted by atomic mass is 9.84. The van der Waals surface area contributed by atoms with E-state index in [1.54, 1.807) is 33.5 Å². The van der Waals surface area contributed by atoms with Gasteiger partial charge in [0, 0.05) is 11.5 Å². The Morgan fingerprint density at radius 1 is 0.950 bits per heavy atom. The maximum atomic E-state index is 12.6. The lowest BCUT2D eigenvalue weighted by Crippen LogP contribution is -2.18. The highest BCUT2D eigenvalue weighted by Crippen LogP contribution is 2.39. The number of carbonyl (C=O) groups is 1. The Hall–Kier alpha value is -1.71. The van der Waals surface area contributed by atoms with Crippen LogP contribution in [0.4, 0.5) is 0 Å². The van der Waals surface area contributed by atoms with Gasteiger partial charge in [-0.2, -0.15) is 0 Å². The van der Waals surface area contributed by atoms with Crippen LogP contribution in [0.1, 0.15) is 42.5 Å². The summed E-state index contributed by atoms with van der Waals surface area (Å²) in [6.07, 6.45) is 5.48. The maximum Gasteiger partial charge on any atom is 0.203 e. The van der Waals surface area contributed by atoms with Gasteiger partial charge < -0.3 is 14.2 Å². The van der Waals surface area contributed by atoms with Crippen LogP contribution in [0.3, 0.4) is 0 Å². The van der Waals surface area contributed by atoms with Gasteiger partial charge in [0.15, 0.2) is 17.3 Å². The first-order chi connectivity index (χ1) is 9.71. The van der Waals surface area contributed by atoms with Gasteiger partial charge in [-0.1, -0.05) is 19.3 Å². The van der Waals surface area contributed by atoms with E-state index in [1.165, 1.54) is 6.42 Å². The molecule has 20 heavy (non-hydrogen) atoms. The highest BCUT2D eigenvalue weighted by molar-refractivity contribution is 5.99. The largest absolute Gasteiger partial charge is 0.493 e. The SMILES string of the molecule is COc1cc(C(=O)C2CCCCC2)cc(OC)c1OC. The maximum absolute atomic E-state index is 12.6. The summed E-state index contributed by atoms with van der Waals surface area (Å²) in [7, 11) is 4.68. The number of ketones is 1. The second-order valence-electron chi connectivity index (χ2n) is 5.11. The third kappa shape index (κ3) is 2.89. The van der Waals surface area contributed by atoms with Gasteiger partial charge in [-0.3, -0.25) is 4.79 Å². The number of methoxy groups -OCH3 is 3. The van der Waals surface area contributed by atoms with Crippen molar-refractivity contribution in [1.29, 1.82) is 0 Å². The molecule has 1 aromatic carbocycles. The summed E-state index contributed by atoms with van der Waals surface area (Å²) in [5, 5.41) is 0. The van der Waals surface area contributed by atoms with Crippen molar-refractivity contribution in [2.24, 2.45) is 5.92 Å². The summed E-state index contributed by atoms with van der Waals surface area (Å²) in [5.41, 5.74) is 0.645. The minimum absolute atomic E-state index is 0.131. The van der Waals surface area contributed by atoms with Gasteiger partial charge in [-0.05, 0) is 25.0 Å². The van der Waals surface area contributed by atoms with Gasteiger partial charge in [-0.15, -0.1) is 0 Å². The second-order valence-corrected chi connectivity index (χ2v) is 5.11. The molecule has 0 bridgehead atoms. The van der Waals surface area contributed by atoms with Crippen LogP contribution in [0.2, 0.25) is 0 Å². The zero-order valence-electron chi connectivity index (χ0n) is 12.4. The molecule has 1 saturated carbocycles. The van der Waals surface area contributed by atoms with Crippen molar-refractivity contribution in [3.63, 3.8) is 0 Å². The van der Waals surface area contributed by atoms with Gasteiger partial charge in [0.2, 0.25) is 5.75 Å². The Bertz CT molecular complexity index is 450. The van der Waals surface area contributed by atoms with Gasteiger partial charge in [0.05, 0.1) is 21.3 Å². The van der Waals surface area contributed by atoms with Crippen LogP contribution in [0.15, 0.2) is 12.1 Å². The van der Waals surface area contributed by atoms with E-state index in [0.29, 0.717) is 22.8 Å². The number of hydrogen-bond donors (Lipinski definition) is 0. The molecule has 0 aromatic heterocycles. The molecule has 110 valence electrons. The van der Waals surface area contributed by atoms with Crippen LogP contribution in [-0.4, -0.2) is 27.1 Å². The number of rotatable bonds is 5. The number of ether oxygens (including phenoxy) is 3. The molecule has 0 unspecified atom stereocenters. The van der Waals surface area contributed by atoms with E-state index in [-0.39, 0.29) is 11.7 Å². The molecular weight excluding hydrogens is 256 g/mol. The van der Waals surface area contributed by atoms with E-state index in [0.717, 1.165) is 25.7 Å². The number of Topliss-reactive ketones (excluding diaryl/α,β-unsaturated/α-hetero) is 1. The fourth-order valence-electron chi connectivity index (χ4n) is 2.82. The molecule has 0 spiro atoms. The monoisotopic (exact) mass is 278 g/mol. The third-order valence-corrected chi connectivity index (χ3v) is 3.93. The molecule has 0 amide bonds. The van der Waals surface area contributed by atoms with E-state index in [4.69, 9.17) is 14.2 Å². The quantitative estimate of drug-likeness (QED) is 0.774. The summed E-state index contributed by atoms with van der Waals surface area (Å²) < 4.78 is 15.9. The molecule has 0 radical (unpaired) electrons. The third-order valence-electron chi connectivity index (χ3n) is 3.93. The minimum Gasteiger partial charge on any atom is -0.493 e. The van der Waals surface area contributed by atoms with Crippen LogP contribution in [0.5, 0.6) is 17.2 Å². The first kappa shape index (κ1) is 14.7. The molecule has 0 atom stereocenters. The summed E-state index contributed by atoms with van der Waals surface area (Å²) in [6.45, 7) is 0. The number of hydrogen-bond acceptors (Lipinski definition) is 4. The Labute approximate surface area is 120 Å². The van der Waals surface area contributed by atoms with Crippen LogP contribution < -0.4 is 14.2 Å². The summed E-state index contributed by atoms with van der Waals surface area (Å²) in [6, 6.07) is 3.50. The van der Waals surface area contributed by atoms with Crippen molar-refractivity contribution in [2.45, 2.75) is 32.1 Å². The lowest BCUT2D eigenvalue weighted by molar-refractivity contribution is 0.0888. The molecule has 1 aliphatic rings. The molecule has 1 aliphatic carbocycles. The molecule has 4 nitrogen and oxygen atoms in total. The van der Waals surface area contributed by atoms with E-state index in [9.17, 15) is 4.79 Å². The van der Waals surface area contributed by atoms with Crippen LogP contribution in [0.25, 0.3) is 0 Å². The highest BCUT2D eigenvalue weighted by atomic mass is 16.5. The number of benzene rings is 1. The van der Waals surface area contributed by atoms with Crippen molar-refractivity contribution >= 4 is 5.78 Å². The zero-order chi connectivity index (χ0) is 14.5. The average molecular weight is 278 g/mol. The fourth-order valence-corrected chi connectivity index (χ4v) is 2.82. The van der Waals surface area contributed by atoms with Gasteiger partial charge in [0.25, 0.3) is 0 Å². The zero-order valence-corrected chi connectivity index (χ0v) is 12.4. The smallest absolute Gasteiger partial charge is 0.203 e. The normalized spacial score (nSPS) is 15.8. The van der Waals surface area contributed by atoms with E-state index >= 15 is 0 Å². The van der Waals surface area contributed by atoms with Crippen molar-refractivity contribution in [3.05, 3.63) is 17.7 Å². The molecule has 0 N–H and O–H groups in total. The second kappa shape index (κ2) is 6.64. The highest BCUT2D eigenvalue weighted by Gasteiger charge is 2.24. The molecule has 0 aliphatic heterocycles. The minimum atomic E-state index is 0.131. The van der Waals surface area contributed by atoms with E-state index < -0.39 is 0 Å². The molecule has 2 rings (SSSR count). The predicted octanol–water partition coefficient (Wildman–Crippen LogP) is 3.48. The first-order valence-corrected chi connectivity index (χ1v) is 7.05. The van der Waals surface area contributed by atoms with Crippen LogP contribution >= 0.6 is 0 Å². The molecular formula is C16H22O4. The van der Waals surface area contributed by atoms with E-state index in [2.05, 4.69) is 0 Å². The predicted molar refractivity (Wildman–Crippen MR) is 77.0 cm³/mol. The first-order valence-electron chi connectivity index (χ1n) is 7.05. The average Bonchev–Trinajstić information content (AvgIpc) is 2.53. The molecule has 1 aromatic rings. The Morgan fingerprint density at radius 3 is 1.95 bits per heavy atom. The van der Waals surface area contributed by atoms with Crippen LogP contribution in [0, 0.1) is 5.92 Å². The van der Waals surface area contributed by atoms with Gasteiger partial charge in [0.1, 0.15) is 0 Å². The van der Waals surface area contributed by atoms with Crippen molar-refractivity contribution in [3.8, 4) is 17.2 Å². The Balaban J connectivity index is 2.33. The number of carbonyl (C=O) groups excluding carboxylic acids is 1. The fraction of sp³-hybridized carbons (Fsp3) is 0.562. The Kier molecular flexibility index (Phi) is 4.88. The summed E-state index contributed by atoms with van der Waals surface area (Å²) >= 11 is 0. The van der Waals surface area contributed by atoms with Crippen LogP contribution in [-0.2, 0) is 0 Å². The Morgan fingerprint density at radius 2 is 1.50 bits per heavy atom. The molecule has 1 fully saturated rings. The summed E-state index contributed by atoms with van der Waals surface area (Å²) in [4.78, 5) is 12.6. The van der Waals surface area contributed by atoms with Crippen molar-refractivity contribution in [1.82, 2.24) is 0 Å². The van der Waals surface area contributed by atoms with Crippen molar-refractivity contribution in [2.75, 3.05) is 21.3 Å². The lowest BCUT2D eigenvalue weighted by Gasteiger charge is -2.21. The molecule has 4 heteroatoms. The standard InChI is InChI=1S/C16H22O4/c1-18-13-9-12(10-14(19-2)16(13)20-3)15(17)11-7-5-4-6-8-11/h9-11H,4-8H2,1-3H3. The topological polar surface area (TPSA) is 44.8 Å². The molecule has 0 saturated heterocycles. The van der Waals surface area contributed by atoms with Crippen molar-refractivity contribution < 1.29 is 19.0 Å². The van der Waals surface area contributed by atoms with Gasteiger partial charge >= 0.3 is 0 Å². The summed E-state index contributed by atoms with van der Waals surface area (Å²) in [5.74, 6) is 1.91.